The lowest BCUT2D eigenvalue weighted by Gasteiger charge is -2.01. The van der Waals surface area contributed by atoms with Crippen LogP contribution in [-0.2, 0) is 0 Å². The Morgan fingerprint density at radius 1 is 1.50 bits per heavy atom. The van der Waals surface area contributed by atoms with E-state index in [9.17, 15) is 24.5 Å². The van der Waals surface area contributed by atoms with Crippen molar-refractivity contribution >= 4 is 41.0 Å². The van der Waals surface area contributed by atoms with Crippen molar-refractivity contribution in [2.75, 3.05) is 6.54 Å². The Bertz CT molecular complexity index is 651. The molecule has 0 bridgehead atoms. The number of nitrogens with one attached hydrogen (secondary N) is 1. The highest BCUT2D eigenvalue weighted by Crippen LogP contribution is 2.15. The van der Waals surface area contributed by atoms with Crippen LogP contribution in [0.2, 0.25) is 0 Å². The molecule has 0 fully saturated rings. The molecule has 0 spiro atoms. The normalized spacial score (nSPS) is 14.2. The molecule has 0 aromatic carbocycles. The molecule has 1 aliphatic rings. The maximum absolute atomic E-state index is 11.7. The van der Waals surface area contributed by atoms with Crippen LogP contribution in [0.5, 0.6) is 0 Å². The Labute approximate surface area is 115 Å². The van der Waals surface area contributed by atoms with Crippen molar-refractivity contribution in [2.24, 2.45) is 0 Å². The third-order valence-corrected chi connectivity index (χ3v) is 2.52. The molecule has 1 aromatic heterocycles. The van der Waals surface area contributed by atoms with E-state index in [1.54, 1.807) is 0 Å². The summed E-state index contributed by atoms with van der Waals surface area (Å²) in [5, 5.41) is 9.41. The van der Waals surface area contributed by atoms with E-state index in [2.05, 4.69) is 9.84 Å². The molecule has 1 N–H and O–H groups in total. The number of hydrogen-bond donors (Lipinski definition) is 1. The molecule has 4 amide bonds. The van der Waals surface area contributed by atoms with Crippen molar-refractivity contribution < 1.29 is 28.4 Å². The zero-order valence-electron chi connectivity index (χ0n) is 9.61. The largest absolute Gasteiger partial charge is 0.525 e. The molecule has 1 aromatic rings. The van der Waals surface area contributed by atoms with Crippen LogP contribution >= 0.6 is 11.6 Å². The van der Waals surface area contributed by atoms with Crippen molar-refractivity contribution in [1.82, 2.24) is 10.3 Å². The Hall–Kier alpha value is -2.75. The number of halogens is 1. The molecule has 2 rings (SSSR count). The number of urea groups is 1. The number of hydrazine groups is 1. The molecule has 0 radical (unpaired) electrons. The molecule has 0 aliphatic carbocycles. The summed E-state index contributed by atoms with van der Waals surface area (Å²) in [5.41, 5.74) is 2.10. The molecule has 10 nitrogen and oxygen atoms in total. The van der Waals surface area contributed by atoms with Crippen LogP contribution in [0.25, 0.3) is 0 Å². The zero-order chi connectivity index (χ0) is 14.9. The van der Waals surface area contributed by atoms with Gasteiger partial charge in [-0.05, 0) is 6.07 Å². The van der Waals surface area contributed by atoms with Gasteiger partial charge in [0.25, 0.3) is 0 Å². The lowest BCUT2D eigenvalue weighted by Crippen LogP contribution is -2.41. The first-order valence-corrected chi connectivity index (χ1v) is 5.46. The topological polar surface area (TPSA) is 126 Å². The Morgan fingerprint density at radius 2 is 2.20 bits per heavy atom. The van der Waals surface area contributed by atoms with Gasteiger partial charge in [-0.15, -0.1) is 4.90 Å². The number of carbonyl (C=O) groups excluding carboxylic acids is 3. The Kier molecular flexibility index (Phi) is 3.48. The summed E-state index contributed by atoms with van der Waals surface area (Å²) in [6.45, 7) is -0.0975. The average Bonchev–Trinajstić information content (AvgIpc) is 2.97. The van der Waals surface area contributed by atoms with Crippen molar-refractivity contribution in [2.45, 2.75) is 0 Å². The second-order valence-corrected chi connectivity index (χ2v) is 3.86. The maximum Gasteiger partial charge on any atom is 0.525 e. The number of carbonyl (C=O) groups is 3. The fourth-order valence-corrected chi connectivity index (χ4v) is 1.54. The second-order valence-electron chi connectivity index (χ2n) is 3.53. The minimum atomic E-state index is -0.989. The average molecular weight is 302 g/mol. The number of amides is 4. The molecule has 0 atom stereocenters. The van der Waals surface area contributed by atoms with E-state index in [4.69, 9.17) is 11.6 Å². The van der Waals surface area contributed by atoms with Crippen LogP contribution in [0.1, 0.15) is 10.6 Å². The van der Waals surface area contributed by atoms with Gasteiger partial charge in [0.2, 0.25) is 5.76 Å². The highest BCUT2D eigenvalue weighted by molar-refractivity contribution is 6.64. The van der Waals surface area contributed by atoms with E-state index < -0.39 is 28.1 Å². The quantitative estimate of drug-likeness (QED) is 0.288. The van der Waals surface area contributed by atoms with Gasteiger partial charge >= 0.3 is 23.2 Å². The summed E-state index contributed by atoms with van der Waals surface area (Å²) in [6.07, 6.45) is 1.21. The summed E-state index contributed by atoms with van der Waals surface area (Å²) in [4.78, 5) is 44.4. The van der Waals surface area contributed by atoms with Crippen molar-refractivity contribution in [3.63, 3.8) is 0 Å². The highest BCUT2D eigenvalue weighted by atomic mass is 35.5. The molecule has 0 saturated heterocycles. The molecule has 0 unspecified atom stereocenters. The molecule has 1 aliphatic heterocycles. The summed E-state index contributed by atoms with van der Waals surface area (Å²) in [5.74, 6) is -1.84. The minimum Gasteiger partial charge on any atom is -0.395 e. The first-order valence-electron chi connectivity index (χ1n) is 5.09. The monoisotopic (exact) mass is 301 g/mol. The van der Waals surface area contributed by atoms with Crippen LogP contribution < -0.4 is 5.43 Å². The third kappa shape index (κ3) is 2.49. The van der Waals surface area contributed by atoms with Gasteiger partial charge in [0.05, 0.1) is 6.07 Å². The predicted octanol–water partition coefficient (Wildman–Crippen LogP) is 0.710. The standard InChI is InChI=1S/C9H5ClN4O6/c10-8(16)12-3-4-13(9(12)17)11-7(15)5-1-2-6(20-5)14(18)19/h1-2,4H,3H2/p+1. The van der Waals surface area contributed by atoms with Crippen molar-refractivity contribution in [3.8, 4) is 0 Å². The van der Waals surface area contributed by atoms with Crippen LogP contribution in [0.3, 0.4) is 0 Å². The number of hydrazone groups is 1. The van der Waals surface area contributed by atoms with Gasteiger partial charge in [-0.2, -0.15) is 10.2 Å². The van der Waals surface area contributed by atoms with Gasteiger partial charge < -0.3 is 4.42 Å². The van der Waals surface area contributed by atoms with Crippen LogP contribution in [0.15, 0.2) is 16.5 Å². The fourth-order valence-electron chi connectivity index (χ4n) is 1.40. The van der Waals surface area contributed by atoms with E-state index in [0.29, 0.717) is 4.90 Å². The first-order chi connectivity index (χ1) is 9.40. The number of imide groups is 1. The molecular formula is C9H6ClN4O6+. The summed E-state index contributed by atoms with van der Waals surface area (Å²) in [6, 6.07) is 1.23. The lowest BCUT2D eigenvalue weighted by atomic mass is 10.4. The van der Waals surface area contributed by atoms with Crippen molar-refractivity contribution in [1.29, 1.82) is 0 Å². The molecule has 0 saturated carbocycles. The van der Waals surface area contributed by atoms with Crippen molar-refractivity contribution in [3.05, 3.63) is 28.0 Å². The Morgan fingerprint density at radius 3 is 2.70 bits per heavy atom. The van der Waals surface area contributed by atoms with Crippen LogP contribution in [0.4, 0.5) is 15.5 Å². The minimum absolute atomic E-state index is 0.0975. The number of hydrogen-bond acceptors (Lipinski definition) is 6. The number of nitro groups is 1. The van der Waals surface area contributed by atoms with E-state index >= 15 is 0 Å². The maximum atomic E-state index is 11.7. The van der Waals surface area contributed by atoms with Gasteiger partial charge in [0, 0.05) is 11.6 Å². The summed E-state index contributed by atoms with van der Waals surface area (Å²) < 4.78 is 5.39. The third-order valence-electron chi connectivity index (χ3n) is 2.31. The van der Waals surface area contributed by atoms with Gasteiger partial charge in [0.1, 0.15) is 11.1 Å². The van der Waals surface area contributed by atoms with Gasteiger partial charge in [-0.1, -0.05) is 4.68 Å². The molecule has 104 valence electrons. The predicted molar refractivity (Wildman–Crippen MR) is 62.5 cm³/mol. The summed E-state index contributed by atoms with van der Waals surface area (Å²) in [7, 11) is 0. The highest BCUT2D eigenvalue weighted by Gasteiger charge is 2.39. The number of nitrogens with zero attached hydrogens (tertiary/aromatic N) is 3. The van der Waals surface area contributed by atoms with Crippen LogP contribution in [0, 0.1) is 10.1 Å². The summed E-state index contributed by atoms with van der Waals surface area (Å²) >= 11 is 5.15. The molecule has 2 heterocycles. The van der Waals surface area contributed by atoms with E-state index in [1.807, 2.05) is 0 Å². The Balaban J connectivity index is 2.07. The molecule has 20 heavy (non-hydrogen) atoms. The molecular weight excluding hydrogens is 296 g/mol. The van der Waals surface area contributed by atoms with Gasteiger partial charge in [0.15, 0.2) is 6.54 Å². The first kappa shape index (κ1) is 13.7. The van der Waals surface area contributed by atoms with E-state index in [0.717, 1.165) is 16.8 Å². The smallest absolute Gasteiger partial charge is 0.395 e. The lowest BCUT2D eigenvalue weighted by molar-refractivity contribution is -0.470. The van der Waals surface area contributed by atoms with Gasteiger partial charge in [-0.25, -0.2) is 4.79 Å². The van der Waals surface area contributed by atoms with Crippen LogP contribution in [-0.4, -0.2) is 44.6 Å². The molecule has 11 heteroatoms. The van der Waals surface area contributed by atoms with Gasteiger partial charge in [-0.3, -0.25) is 14.9 Å². The fraction of sp³-hybridized carbons (Fsp3) is 0.111. The van der Waals surface area contributed by atoms with E-state index in [-0.39, 0.29) is 12.3 Å². The second kappa shape index (κ2) is 5.09. The number of rotatable bonds is 3. The SMILES string of the molecule is O=C(N[N+]1=CCN(C(=O)Cl)C1=O)c1ccc([N+](=O)[O-])o1. The number of furan rings is 1. The zero-order valence-corrected chi connectivity index (χ0v) is 10.4. The van der Waals surface area contributed by atoms with E-state index in [1.165, 1.54) is 6.21 Å².